The first-order valence-corrected chi connectivity index (χ1v) is 7.20. The van der Waals surface area contributed by atoms with Gasteiger partial charge in [-0.1, -0.05) is 17.7 Å². The van der Waals surface area contributed by atoms with E-state index >= 15 is 0 Å². The van der Waals surface area contributed by atoms with Gasteiger partial charge in [0.05, 0.1) is 17.6 Å². The first-order chi connectivity index (χ1) is 10.9. The summed E-state index contributed by atoms with van der Waals surface area (Å²) in [7, 11) is 0. The summed E-state index contributed by atoms with van der Waals surface area (Å²) in [6.07, 6.45) is 1.62. The molecule has 2 aromatic heterocycles. The largest absolute Gasteiger partial charge is 0.368 e. The topological polar surface area (TPSA) is 95.8 Å². The summed E-state index contributed by atoms with van der Waals surface area (Å²) in [5.74, 6) is -0.615. The Balaban J connectivity index is 2.33. The molecule has 0 atom stereocenters. The third-order valence-corrected chi connectivity index (χ3v) is 3.75. The van der Waals surface area contributed by atoms with Gasteiger partial charge in [-0.05, 0) is 32.4 Å². The zero-order valence-corrected chi connectivity index (χ0v) is 13.2. The van der Waals surface area contributed by atoms with E-state index in [-0.39, 0.29) is 12.1 Å². The maximum atomic E-state index is 12.7. The molecule has 0 saturated carbocycles. The fourth-order valence-corrected chi connectivity index (χ4v) is 2.70. The third-order valence-electron chi connectivity index (χ3n) is 3.75. The zero-order chi connectivity index (χ0) is 16.7. The van der Waals surface area contributed by atoms with Crippen molar-refractivity contribution in [3.05, 3.63) is 51.6 Å². The summed E-state index contributed by atoms with van der Waals surface area (Å²) >= 11 is 0. The van der Waals surface area contributed by atoms with Crippen LogP contribution in [0.4, 0.5) is 0 Å². The summed E-state index contributed by atoms with van der Waals surface area (Å²) in [4.78, 5) is 23.8. The number of fused-ring (bicyclic) bond motifs is 1. The summed E-state index contributed by atoms with van der Waals surface area (Å²) < 4.78 is 2.68. The second kappa shape index (κ2) is 5.35. The van der Waals surface area contributed by atoms with Crippen molar-refractivity contribution in [2.75, 3.05) is 0 Å². The Morgan fingerprint density at radius 1 is 1.26 bits per heavy atom. The van der Waals surface area contributed by atoms with E-state index in [1.807, 2.05) is 32.0 Å². The van der Waals surface area contributed by atoms with E-state index in [2.05, 4.69) is 10.2 Å². The van der Waals surface area contributed by atoms with Crippen LogP contribution in [0.25, 0.3) is 16.6 Å². The van der Waals surface area contributed by atoms with Crippen LogP contribution in [0.3, 0.4) is 0 Å². The lowest BCUT2D eigenvalue weighted by molar-refractivity contribution is -0.118. The van der Waals surface area contributed by atoms with Crippen LogP contribution < -0.4 is 11.3 Å². The van der Waals surface area contributed by atoms with E-state index < -0.39 is 5.91 Å². The molecule has 23 heavy (non-hydrogen) atoms. The Kier molecular flexibility index (Phi) is 3.48. The number of hydrogen-bond acceptors (Lipinski definition) is 4. The van der Waals surface area contributed by atoms with E-state index in [1.54, 1.807) is 17.8 Å². The molecule has 1 amide bonds. The van der Waals surface area contributed by atoms with Gasteiger partial charge >= 0.3 is 0 Å². The number of nitrogens with zero attached hydrogens (tertiary/aromatic N) is 4. The number of rotatable bonds is 3. The van der Waals surface area contributed by atoms with Crippen molar-refractivity contribution >= 4 is 16.8 Å². The van der Waals surface area contributed by atoms with Gasteiger partial charge in [-0.25, -0.2) is 9.36 Å². The molecule has 0 saturated heterocycles. The van der Waals surface area contributed by atoms with Gasteiger partial charge in [-0.2, -0.15) is 10.2 Å². The van der Waals surface area contributed by atoms with Gasteiger partial charge in [0, 0.05) is 5.39 Å². The van der Waals surface area contributed by atoms with Crippen LogP contribution in [-0.4, -0.2) is 25.5 Å². The highest BCUT2D eigenvalue weighted by Crippen LogP contribution is 2.20. The van der Waals surface area contributed by atoms with Gasteiger partial charge in [0.15, 0.2) is 0 Å². The van der Waals surface area contributed by atoms with Gasteiger partial charge in [-0.15, -0.1) is 0 Å². The minimum atomic E-state index is -0.615. The van der Waals surface area contributed by atoms with Gasteiger partial charge < -0.3 is 5.73 Å². The molecule has 0 aliphatic heterocycles. The molecule has 0 aliphatic carbocycles. The number of hydrogen-bond donors (Lipinski definition) is 1. The van der Waals surface area contributed by atoms with Crippen molar-refractivity contribution in [1.29, 1.82) is 0 Å². The number of primary amides is 1. The number of nitrogens with two attached hydrogens (primary N) is 1. The quantitative estimate of drug-likeness (QED) is 0.780. The van der Waals surface area contributed by atoms with Gasteiger partial charge in [0.1, 0.15) is 12.1 Å². The van der Waals surface area contributed by atoms with E-state index in [0.29, 0.717) is 16.6 Å². The third kappa shape index (κ3) is 2.50. The second-order valence-electron chi connectivity index (χ2n) is 5.62. The van der Waals surface area contributed by atoms with Crippen molar-refractivity contribution < 1.29 is 4.79 Å². The van der Waals surface area contributed by atoms with Crippen molar-refractivity contribution in [2.45, 2.75) is 27.3 Å². The molecule has 0 unspecified atom stereocenters. The molecule has 0 bridgehead atoms. The highest BCUT2D eigenvalue weighted by atomic mass is 16.2. The fourth-order valence-electron chi connectivity index (χ4n) is 2.70. The van der Waals surface area contributed by atoms with Crippen molar-refractivity contribution in [3.63, 3.8) is 0 Å². The Morgan fingerprint density at radius 3 is 2.65 bits per heavy atom. The number of amides is 1. The summed E-state index contributed by atoms with van der Waals surface area (Å²) in [6, 6.07) is 5.91. The maximum Gasteiger partial charge on any atom is 0.293 e. The molecule has 3 aromatic rings. The molecule has 118 valence electrons. The normalized spacial score (nSPS) is 11.1. The van der Waals surface area contributed by atoms with Crippen LogP contribution in [0.2, 0.25) is 0 Å². The van der Waals surface area contributed by atoms with Crippen molar-refractivity contribution in [2.24, 2.45) is 5.73 Å². The number of carbonyl (C=O) groups is 1. The molecule has 1 aromatic carbocycles. The van der Waals surface area contributed by atoms with Crippen LogP contribution in [0.15, 0.2) is 29.2 Å². The predicted molar refractivity (Wildman–Crippen MR) is 86.5 cm³/mol. The zero-order valence-electron chi connectivity index (χ0n) is 13.2. The molecular weight excluding hydrogens is 294 g/mol. The lowest BCUT2D eigenvalue weighted by Crippen LogP contribution is -2.31. The highest BCUT2D eigenvalue weighted by molar-refractivity contribution is 5.82. The van der Waals surface area contributed by atoms with E-state index in [0.717, 1.165) is 21.5 Å². The van der Waals surface area contributed by atoms with Gasteiger partial charge in [-0.3, -0.25) is 9.59 Å². The van der Waals surface area contributed by atoms with E-state index in [9.17, 15) is 9.59 Å². The molecule has 0 spiro atoms. The average Bonchev–Trinajstić information content (AvgIpc) is 2.89. The SMILES string of the molecule is Cc1ccc(-n2ncc3c(C)nn(CC(N)=O)c(=O)c32)c(C)c1. The Morgan fingerprint density at radius 2 is 2.00 bits per heavy atom. The van der Waals surface area contributed by atoms with Crippen molar-refractivity contribution in [3.8, 4) is 5.69 Å². The molecule has 0 radical (unpaired) electrons. The first-order valence-electron chi connectivity index (χ1n) is 7.20. The molecule has 7 nitrogen and oxygen atoms in total. The van der Waals surface area contributed by atoms with Crippen molar-refractivity contribution in [1.82, 2.24) is 19.6 Å². The molecule has 7 heteroatoms. The maximum absolute atomic E-state index is 12.7. The number of carbonyl (C=O) groups excluding carboxylic acids is 1. The standard InChI is InChI=1S/C16H17N5O2/c1-9-4-5-13(10(2)6-9)21-15-12(7-18-21)11(3)19-20(16(15)23)8-14(17)22/h4-7H,8H2,1-3H3,(H2,17,22). The second-order valence-corrected chi connectivity index (χ2v) is 5.62. The monoisotopic (exact) mass is 311 g/mol. The molecule has 0 fully saturated rings. The fraction of sp³-hybridized carbons (Fsp3) is 0.250. The minimum absolute atomic E-state index is 0.256. The molecule has 2 N–H and O–H groups in total. The smallest absolute Gasteiger partial charge is 0.293 e. The molecule has 0 aliphatic rings. The minimum Gasteiger partial charge on any atom is -0.368 e. The summed E-state index contributed by atoms with van der Waals surface area (Å²) in [5, 5.41) is 9.14. The predicted octanol–water partition coefficient (Wildman–Crippen LogP) is 0.993. The number of benzene rings is 1. The Labute approximate surface area is 132 Å². The van der Waals surface area contributed by atoms with Crippen LogP contribution in [0.5, 0.6) is 0 Å². The van der Waals surface area contributed by atoms with E-state index in [4.69, 9.17) is 5.73 Å². The van der Waals surface area contributed by atoms with Crippen LogP contribution in [0.1, 0.15) is 16.8 Å². The first kappa shape index (κ1) is 15.0. The highest BCUT2D eigenvalue weighted by Gasteiger charge is 2.16. The Hall–Kier alpha value is -2.96. The molecule has 2 heterocycles. The van der Waals surface area contributed by atoms with Crippen LogP contribution >= 0.6 is 0 Å². The van der Waals surface area contributed by atoms with Crippen LogP contribution in [0, 0.1) is 20.8 Å². The lowest BCUT2D eigenvalue weighted by Gasteiger charge is -2.09. The average molecular weight is 311 g/mol. The van der Waals surface area contributed by atoms with Gasteiger partial charge in [0.2, 0.25) is 5.91 Å². The Bertz CT molecular complexity index is 984. The van der Waals surface area contributed by atoms with Crippen LogP contribution in [-0.2, 0) is 11.3 Å². The summed E-state index contributed by atoms with van der Waals surface area (Å²) in [6.45, 7) is 5.48. The molecular formula is C16H17N5O2. The lowest BCUT2D eigenvalue weighted by atomic mass is 10.1. The van der Waals surface area contributed by atoms with E-state index in [1.165, 1.54) is 0 Å². The number of aryl methyl sites for hydroxylation is 3. The molecule has 3 rings (SSSR count). The van der Waals surface area contributed by atoms with Gasteiger partial charge in [0.25, 0.3) is 5.56 Å². The number of aromatic nitrogens is 4. The summed E-state index contributed by atoms with van der Waals surface area (Å²) in [5.41, 5.74) is 8.78.